The van der Waals surface area contributed by atoms with Crippen molar-refractivity contribution in [3.8, 4) is 0 Å². The third-order valence-corrected chi connectivity index (χ3v) is 3.35. The number of rotatable bonds is 8. The van der Waals surface area contributed by atoms with Crippen molar-refractivity contribution in [1.82, 2.24) is 9.88 Å². The summed E-state index contributed by atoms with van der Waals surface area (Å²) in [6, 6.07) is 4.09. The lowest BCUT2D eigenvalue weighted by Crippen LogP contribution is -2.35. The highest BCUT2D eigenvalue weighted by molar-refractivity contribution is 5.94. The summed E-state index contributed by atoms with van der Waals surface area (Å²) in [4.78, 5) is 18.7. The van der Waals surface area contributed by atoms with Gasteiger partial charge in [0.05, 0.1) is 12.2 Å². The Morgan fingerprint density at radius 1 is 1.50 bits per heavy atom. The molecule has 5 heteroatoms. The van der Waals surface area contributed by atoms with E-state index in [4.69, 9.17) is 4.74 Å². The molecule has 0 saturated heterocycles. The summed E-state index contributed by atoms with van der Waals surface area (Å²) < 4.78 is 5.08. The van der Waals surface area contributed by atoms with Crippen molar-refractivity contribution in [2.45, 2.75) is 32.2 Å². The van der Waals surface area contributed by atoms with Crippen LogP contribution in [0.3, 0.4) is 0 Å². The number of amides is 1. The zero-order chi connectivity index (χ0) is 14.4. The van der Waals surface area contributed by atoms with Crippen molar-refractivity contribution in [1.29, 1.82) is 0 Å². The summed E-state index contributed by atoms with van der Waals surface area (Å²) in [7, 11) is 1.66. The minimum absolute atomic E-state index is 0.0547. The second kappa shape index (κ2) is 7.24. The number of anilines is 1. The van der Waals surface area contributed by atoms with Crippen molar-refractivity contribution in [3.05, 3.63) is 23.9 Å². The quantitative estimate of drug-likeness (QED) is 0.791. The highest BCUT2D eigenvalue weighted by Crippen LogP contribution is 2.28. The zero-order valence-electron chi connectivity index (χ0n) is 12.3. The summed E-state index contributed by atoms with van der Waals surface area (Å²) in [5.74, 6) is 0.873. The molecule has 0 bridgehead atoms. The zero-order valence-corrected chi connectivity index (χ0v) is 12.3. The normalized spacial score (nSPS) is 14.1. The number of nitrogens with one attached hydrogen (secondary N) is 1. The van der Waals surface area contributed by atoms with Gasteiger partial charge in [0.2, 0.25) is 0 Å². The van der Waals surface area contributed by atoms with Gasteiger partial charge in [-0.05, 0) is 31.4 Å². The van der Waals surface area contributed by atoms with Gasteiger partial charge in [-0.15, -0.1) is 0 Å². The van der Waals surface area contributed by atoms with E-state index in [0.29, 0.717) is 24.8 Å². The van der Waals surface area contributed by atoms with Gasteiger partial charge in [-0.2, -0.15) is 0 Å². The average Bonchev–Trinajstić information content (AvgIpc) is 3.30. The molecule has 1 saturated carbocycles. The van der Waals surface area contributed by atoms with Gasteiger partial charge in [-0.3, -0.25) is 4.79 Å². The first-order valence-corrected chi connectivity index (χ1v) is 7.26. The molecule has 0 radical (unpaired) electrons. The Morgan fingerprint density at radius 2 is 2.30 bits per heavy atom. The van der Waals surface area contributed by atoms with E-state index >= 15 is 0 Å². The van der Waals surface area contributed by atoms with Gasteiger partial charge in [0.25, 0.3) is 5.91 Å². The fourth-order valence-electron chi connectivity index (χ4n) is 2.07. The number of hydrogen-bond acceptors (Lipinski definition) is 4. The van der Waals surface area contributed by atoms with Crippen molar-refractivity contribution in [2.24, 2.45) is 0 Å². The lowest BCUT2D eigenvalue weighted by Gasteiger charge is -2.22. The fourth-order valence-corrected chi connectivity index (χ4v) is 2.07. The van der Waals surface area contributed by atoms with Gasteiger partial charge in [0.1, 0.15) is 5.82 Å². The van der Waals surface area contributed by atoms with Crippen LogP contribution in [0.25, 0.3) is 0 Å². The molecule has 2 rings (SSSR count). The molecule has 1 aromatic rings. The van der Waals surface area contributed by atoms with Gasteiger partial charge in [0, 0.05) is 32.4 Å². The molecule has 110 valence electrons. The van der Waals surface area contributed by atoms with Crippen LogP contribution in [0.2, 0.25) is 0 Å². The molecule has 0 unspecified atom stereocenters. The van der Waals surface area contributed by atoms with Crippen molar-refractivity contribution >= 4 is 11.7 Å². The lowest BCUT2D eigenvalue weighted by atomic mass is 10.2. The Hall–Kier alpha value is -1.62. The number of methoxy groups -OCH3 is 1. The first kappa shape index (κ1) is 14.8. The molecule has 20 heavy (non-hydrogen) atoms. The van der Waals surface area contributed by atoms with Crippen LogP contribution in [-0.2, 0) is 4.74 Å². The molecule has 0 aliphatic heterocycles. The van der Waals surface area contributed by atoms with E-state index in [-0.39, 0.29) is 5.91 Å². The standard InChI is InChI=1S/C15H23N3O2/c1-3-8-16-14-7-4-12(11-17-14)15(19)18(9-10-20-2)13-5-6-13/h4,7,11,13H,3,5-6,8-10H2,1-2H3,(H,16,17). The summed E-state index contributed by atoms with van der Waals surface area (Å²) in [6.45, 7) is 4.22. The Balaban J connectivity index is 1.99. The van der Waals surface area contributed by atoms with E-state index in [2.05, 4.69) is 17.2 Å². The maximum absolute atomic E-state index is 12.5. The van der Waals surface area contributed by atoms with E-state index in [0.717, 1.165) is 31.6 Å². The van der Waals surface area contributed by atoms with Crippen molar-refractivity contribution in [3.63, 3.8) is 0 Å². The second-order valence-corrected chi connectivity index (χ2v) is 5.08. The molecule has 0 aromatic carbocycles. The maximum Gasteiger partial charge on any atom is 0.255 e. The summed E-state index contributed by atoms with van der Waals surface area (Å²) >= 11 is 0. The summed E-state index contributed by atoms with van der Waals surface area (Å²) in [5.41, 5.74) is 0.648. The number of aromatic nitrogens is 1. The van der Waals surface area contributed by atoms with Gasteiger partial charge >= 0.3 is 0 Å². The number of nitrogens with zero attached hydrogens (tertiary/aromatic N) is 2. The predicted octanol–water partition coefficient (Wildman–Crippen LogP) is 2.15. The fraction of sp³-hybridized carbons (Fsp3) is 0.600. The van der Waals surface area contributed by atoms with Crippen LogP contribution in [0.15, 0.2) is 18.3 Å². The van der Waals surface area contributed by atoms with E-state index in [9.17, 15) is 4.79 Å². The molecular weight excluding hydrogens is 254 g/mol. The number of hydrogen-bond donors (Lipinski definition) is 1. The Labute approximate surface area is 120 Å². The van der Waals surface area contributed by atoms with Gasteiger partial charge in [-0.25, -0.2) is 4.98 Å². The molecule has 0 spiro atoms. The Kier molecular flexibility index (Phi) is 5.35. The van der Waals surface area contributed by atoms with Crippen LogP contribution in [0.5, 0.6) is 0 Å². The first-order chi connectivity index (χ1) is 9.76. The van der Waals surface area contributed by atoms with Crippen LogP contribution in [0.4, 0.5) is 5.82 Å². The third kappa shape index (κ3) is 3.93. The van der Waals surface area contributed by atoms with Crippen LogP contribution >= 0.6 is 0 Å². The molecule has 1 aliphatic carbocycles. The maximum atomic E-state index is 12.5. The number of ether oxygens (including phenoxy) is 1. The molecule has 1 N–H and O–H groups in total. The summed E-state index contributed by atoms with van der Waals surface area (Å²) in [6.07, 6.45) is 4.90. The first-order valence-electron chi connectivity index (χ1n) is 7.26. The number of pyridine rings is 1. The van der Waals surface area contributed by atoms with Crippen LogP contribution in [-0.4, -0.2) is 48.6 Å². The van der Waals surface area contributed by atoms with Crippen molar-refractivity contribution < 1.29 is 9.53 Å². The Bertz CT molecular complexity index is 429. The van der Waals surface area contributed by atoms with Gasteiger partial charge in [-0.1, -0.05) is 6.92 Å². The van der Waals surface area contributed by atoms with Crippen molar-refractivity contribution in [2.75, 3.05) is 32.1 Å². The van der Waals surface area contributed by atoms with Crippen LogP contribution in [0.1, 0.15) is 36.5 Å². The third-order valence-electron chi connectivity index (χ3n) is 3.35. The Morgan fingerprint density at radius 3 is 2.85 bits per heavy atom. The number of carbonyl (C=O) groups excluding carboxylic acids is 1. The van der Waals surface area contributed by atoms with E-state index in [1.165, 1.54) is 0 Å². The number of carbonyl (C=O) groups is 1. The molecule has 1 aliphatic rings. The SMILES string of the molecule is CCCNc1ccc(C(=O)N(CCOC)C2CC2)cn1. The van der Waals surface area contributed by atoms with E-state index in [1.807, 2.05) is 17.0 Å². The predicted molar refractivity (Wildman–Crippen MR) is 79.0 cm³/mol. The molecule has 5 nitrogen and oxygen atoms in total. The van der Waals surface area contributed by atoms with Gasteiger partial charge < -0.3 is 15.0 Å². The molecule has 0 atom stereocenters. The topological polar surface area (TPSA) is 54.5 Å². The van der Waals surface area contributed by atoms with Crippen LogP contribution < -0.4 is 5.32 Å². The smallest absolute Gasteiger partial charge is 0.255 e. The molecule has 1 heterocycles. The van der Waals surface area contributed by atoms with Crippen LogP contribution in [0, 0.1) is 0 Å². The molecule has 1 aromatic heterocycles. The lowest BCUT2D eigenvalue weighted by molar-refractivity contribution is 0.0680. The molecule has 1 fully saturated rings. The average molecular weight is 277 g/mol. The molecular formula is C15H23N3O2. The minimum atomic E-state index is 0.0547. The minimum Gasteiger partial charge on any atom is -0.383 e. The largest absolute Gasteiger partial charge is 0.383 e. The highest BCUT2D eigenvalue weighted by atomic mass is 16.5. The second-order valence-electron chi connectivity index (χ2n) is 5.08. The van der Waals surface area contributed by atoms with E-state index < -0.39 is 0 Å². The highest BCUT2D eigenvalue weighted by Gasteiger charge is 2.32. The monoisotopic (exact) mass is 277 g/mol. The van der Waals surface area contributed by atoms with E-state index in [1.54, 1.807) is 13.3 Å². The van der Waals surface area contributed by atoms with Gasteiger partial charge in [0.15, 0.2) is 0 Å². The molecule has 1 amide bonds. The summed E-state index contributed by atoms with van der Waals surface area (Å²) in [5, 5.41) is 3.20.